The Morgan fingerprint density at radius 2 is 2.13 bits per heavy atom. The van der Waals surface area contributed by atoms with Crippen molar-refractivity contribution in [2.75, 3.05) is 6.61 Å². The Balaban J connectivity index is 2.66. The molecule has 2 heteroatoms. The molecule has 1 nitrogen and oxygen atoms in total. The van der Waals surface area contributed by atoms with E-state index < -0.39 is 0 Å². The van der Waals surface area contributed by atoms with E-state index in [9.17, 15) is 5.11 Å². The number of halogens is 1. The van der Waals surface area contributed by atoms with E-state index >= 15 is 0 Å². The van der Waals surface area contributed by atoms with Crippen molar-refractivity contribution < 1.29 is 5.11 Å². The Hall–Kier alpha value is -0.530. The zero-order valence-electron chi connectivity index (χ0n) is 9.46. The van der Waals surface area contributed by atoms with E-state index in [0.29, 0.717) is 5.92 Å². The molecule has 1 aromatic rings. The summed E-state index contributed by atoms with van der Waals surface area (Å²) in [7, 11) is 0. The lowest BCUT2D eigenvalue weighted by atomic mass is 9.95. The lowest BCUT2D eigenvalue weighted by Crippen LogP contribution is -2.09. The molecule has 1 N–H and O–H groups in total. The molecule has 1 atom stereocenters. The van der Waals surface area contributed by atoms with Crippen molar-refractivity contribution in [3.05, 3.63) is 34.3 Å². The van der Waals surface area contributed by atoms with Gasteiger partial charge in [-0.15, -0.1) is 0 Å². The summed E-state index contributed by atoms with van der Waals surface area (Å²) in [6, 6.07) is 6.10. The topological polar surface area (TPSA) is 20.2 Å². The summed E-state index contributed by atoms with van der Waals surface area (Å²) in [6.45, 7) is 4.44. The molecule has 0 saturated carbocycles. The average molecular weight is 227 g/mol. The van der Waals surface area contributed by atoms with Gasteiger partial charge >= 0.3 is 0 Å². The first kappa shape index (κ1) is 12.5. The molecular weight excluding hydrogens is 208 g/mol. The quantitative estimate of drug-likeness (QED) is 0.814. The Morgan fingerprint density at radius 1 is 1.40 bits per heavy atom. The van der Waals surface area contributed by atoms with E-state index in [1.807, 2.05) is 19.1 Å². The molecule has 0 aliphatic heterocycles. The molecule has 0 aliphatic carbocycles. The molecular formula is C13H19ClO. The van der Waals surface area contributed by atoms with Gasteiger partial charge < -0.3 is 5.11 Å². The molecule has 1 unspecified atom stereocenters. The summed E-state index contributed by atoms with van der Waals surface area (Å²) < 4.78 is 0. The van der Waals surface area contributed by atoms with E-state index in [1.54, 1.807) is 0 Å². The maximum absolute atomic E-state index is 9.22. The second-order valence-electron chi connectivity index (χ2n) is 4.12. The van der Waals surface area contributed by atoms with Crippen LogP contribution in [0.4, 0.5) is 0 Å². The average Bonchev–Trinajstić information content (AvgIpc) is 2.23. The zero-order valence-corrected chi connectivity index (χ0v) is 10.2. The van der Waals surface area contributed by atoms with E-state index in [0.717, 1.165) is 29.8 Å². The fourth-order valence-corrected chi connectivity index (χ4v) is 1.95. The van der Waals surface area contributed by atoms with Crippen molar-refractivity contribution in [1.82, 2.24) is 0 Å². The number of hydrogen-bond acceptors (Lipinski definition) is 1. The highest BCUT2D eigenvalue weighted by Crippen LogP contribution is 2.19. The van der Waals surface area contributed by atoms with Crippen LogP contribution < -0.4 is 0 Å². The number of aliphatic hydroxyl groups is 1. The van der Waals surface area contributed by atoms with Gasteiger partial charge in [0.25, 0.3) is 0 Å². The lowest BCUT2D eigenvalue weighted by molar-refractivity contribution is 0.217. The summed E-state index contributed by atoms with van der Waals surface area (Å²) >= 11 is 5.96. The van der Waals surface area contributed by atoms with Crippen LogP contribution in [-0.2, 0) is 6.42 Å². The standard InChI is InChI=1S/C13H19ClO/c1-3-4-12(9-15)8-11-5-6-13(14)10(2)7-11/h5-7,12,15H,3-4,8-9H2,1-2H3. The summed E-state index contributed by atoms with van der Waals surface area (Å²) in [5.41, 5.74) is 2.38. The van der Waals surface area contributed by atoms with Crippen molar-refractivity contribution in [2.24, 2.45) is 5.92 Å². The van der Waals surface area contributed by atoms with E-state index in [1.165, 1.54) is 5.56 Å². The summed E-state index contributed by atoms with van der Waals surface area (Å²) in [5, 5.41) is 10.0. The predicted molar refractivity (Wildman–Crippen MR) is 65.4 cm³/mol. The Kier molecular flexibility index (Phi) is 5.13. The van der Waals surface area contributed by atoms with Gasteiger partial charge in [-0.25, -0.2) is 0 Å². The van der Waals surface area contributed by atoms with Gasteiger partial charge in [0, 0.05) is 11.6 Å². The van der Waals surface area contributed by atoms with Crippen molar-refractivity contribution in [2.45, 2.75) is 33.1 Å². The van der Waals surface area contributed by atoms with Crippen molar-refractivity contribution in [1.29, 1.82) is 0 Å². The molecule has 0 aromatic heterocycles. The van der Waals surface area contributed by atoms with Crippen LogP contribution in [0.15, 0.2) is 18.2 Å². The number of benzene rings is 1. The largest absolute Gasteiger partial charge is 0.396 e. The molecule has 0 bridgehead atoms. The Labute approximate surface area is 97.1 Å². The van der Waals surface area contributed by atoms with Crippen LogP contribution in [0.3, 0.4) is 0 Å². The monoisotopic (exact) mass is 226 g/mol. The number of rotatable bonds is 5. The molecule has 0 fully saturated rings. The second kappa shape index (κ2) is 6.14. The van der Waals surface area contributed by atoms with Crippen molar-refractivity contribution in [3.63, 3.8) is 0 Å². The van der Waals surface area contributed by atoms with Crippen LogP contribution in [0.1, 0.15) is 30.9 Å². The lowest BCUT2D eigenvalue weighted by Gasteiger charge is -2.13. The van der Waals surface area contributed by atoms with E-state index in [2.05, 4.69) is 13.0 Å². The van der Waals surface area contributed by atoms with Gasteiger partial charge in [-0.1, -0.05) is 37.1 Å². The summed E-state index contributed by atoms with van der Waals surface area (Å²) in [6.07, 6.45) is 3.15. The second-order valence-corrected chi connectivity index (χ2v) is 4.53. The van der Waals surface area contributed by atoms with Crippen LogP contribution in [-0.4, -0.2) is 11.7 Å². The van der Waals surface area contributed by atoms with Crippen LogP contribution in [0.2, 0.25) is 5.02 Å². The minimum Gasteiger partial charge on any atom is -0.396 e. The molecule has 0 aliphatic rings. The highest BCUT2D eigenvalue weighted by molar-refractivity contribution is 6.31. The normalized spacial score (nSPS) is 12.8. The van der Waals surface area contributed by atoms with Gasteiger partial charge in [-0.2, -0.15) is 0 Å². The molecule has 0 amide bonds. The minimum absolute atomic E-state index is 0.273. The van der Waals surface area contributed by atoms with Crippen molar-refractivity contribution in [3.8, 4) is 0 Å². The molecule has 0 saturated heterocycles. The van der Waals surface area contributed by atoms with Gasteiger partial charge in [0.15, 0.2) is 0 Å². The first-order valence-electron chi connectivity index (χ1n) is 5.53. The molecule has 1 rings (SSSR count). The fraction of sp³-hybridized carbons (Fsp3) is 0.538. The van der Waals surface area contributed by atoms with Crippen LogP contribution in [0, 0.1) is 12.8 Å². The molecule has 84 valence electrons. The molecule has 15 heavy (non-hydrogen) atoms. The maximum Gasteiger partial charge on any atom is 0.0462 e. The van der Waals surface area contributed by atoms with Crippen LogP contribution >= 0.6 is 11.6 Å². The third-order valence-corrected chi connectivity index (χ3v) is 3.13. The summed E-state index contributed by atoms with van der Waals surface area (Å²) in [4.78, 5) is 0. The first-order valence-corrected chi connectivity index (χ1v) is 5.91. The Morgan fingerprint density at radius 3 is 2.67 bits per heavy atom. The maximum atomic E-state index is 9.22. The van der Waals surface area contributed by atoms with Gasteiger partial charge in [0.2, 0.25) is 0 Å². The van der Waals surface area contributed by atoms with Crippen LogP contribution in [0.25, 0.3) is 0 Å². The Bertz CT molecular complexity index is 309. The highest BCUT2D eigenvalue weighted by Gasteiger charge is 2.08. The van der Waals surface area contributed by atoms with Crippen molar-refractivity contribution >= 4 is 11.6 Å². The first-order chi connectivity index (χ1) is 7.17. The highest BCUT2D eigenvalue weighted by atomic mass is 35.5. The number of aryl methyl sites for hydroxylation is 1. The fourth-order valence-electron chi connectivity index (χ4n) is 1.83. The molecule has 0 spiro atoms. The van der Waals surface area contributed by atoms with Crippen LogP contribution in [0.5, 0.6) is 0 Å². The third kappa shape index (κ3) is 3.84. The molecule has 0 heterocycles. The predicted octanol–water partition coefficient (Wildman–Crippen LogP) is 3.60. The number of hydrogen-bond donors (Lipinski definition) is 1. The third-order valence-electron chi connectivity index (χ3n) is 2.70. The minimum atomic E-state index is 0.273. The summed E-state index contributed by atoms with van der Waals surface area (Å²) in [5.74, 6) is 0.385. The smallest absolute Gasteiger partial charge is 0.0462 e. The van der Waals surface area contributed by atoms with Gasteiger partial charge in [-0.05, 0) is 42.9 Å². The SMILES string of the molecule is CCCC(CO)Cc1ccc(Cl)c(C)c1. The molecule has 0 radical (unpaired) electrons. The van der Waals surface area contributed by atoms with Gasteiger partial charge in [0.1, 0.15) is 0 Å². The van der Waals surface area contributed by atoms with Gasteiger partial charge in [0.05, 0.1) is 0 Å². The van der Waals surface area contributed by atoms with Gasteiger partial charge in [-0.3, -0.25) is 0 Å². The molecule has 1 aromatic carbocycles. The zero-order chi connectivity index (χ0) is 11.3. The number of aliphatic hydroxyl groups excluding tert-OH is 1. The van der Waals surface area contributed by atoms with E-state index in [-0.39, 0.29) is 6.61 Å². The van der Waals surface area contributed by atoms with E-state index in [4.69, 9.17) is 11.6 Å².